The van der Waals surface area contributed by atoms with Gasteiger partial charge in [-0.1, -0.05) is 36.8 Å². The number of hydrogen-bond donors (Lipinski definition) is 0. The fourth-order valence-corrected chi connectivity index (χ4v) is 2.81. The van der Waals surface area contributed by atoms with E-state index in [-0.39, 0.29) is 12.6 Å². The molecule has 0 aliphatic rings. The molecule has 27 heavy (non-hydrogen) atoms. The summed E-state index contributed by atoms with van der Waals surface area (Å²) < 4.78 is 5.50. The second kappa shape index (κ2) is 9.36. The number of esters is 1. The standard InChI is InChI=1S/C23H30N2O2/c1-7-22(25(6)8-2)24-21-14-17(4)20(13-18(21)5)23(26)27-15-19-11-9-16(3)10-12-19/h9-14H,7-8,15H2,1-6H3/b24-22+. The summed E-state index contributed by atoms with van der Waals surface area (Å²) in [6.45, 7) is 11.3. The minimum atomic E-state index is -0.298. The van der Waals surface area contributed by atoms with Gasteiger partial charge in [-0.25, -0.2) is 9.79 Å². The summed E-state index contributed by atoms with van der Waals surface area (Å²) in [5.41, 5.74) is 5.52. The molecule has 0 fully saturated rings. The first-order valence-corrected chi connectivity index (χ1v) is 9.48. The number of nitrogens with zero attached hydrogens (tertiary/aromatic N) is 2. The van der Waals surface area contributed by atoms with Crippen molar-refractivity contribution in [3.05, 3.63) is 64.2 Å². The number of carbonyl (C=O) groups excluding carboxylic acids is 1. The molecular formula is C23H30N2O2. The highest BCUT2D eigenvalue weighted by Crippen LogP contribution is 2.25. The average Bonchev–Trinajstić information content (AvgIpc) is 2.66. The number of rotatable bonds is 6. The van der Waals surface area contributed by atoms with Gasteiger partial charge in [0, 0.05) is 20.0 Å². The molecule has 4 nitrogen and oxygen atoms in total. The van der Waals surface area contributed by atoms with Crippen molar-refractivity contribution in [2.24, 2.45) is 4.99 Å². The summed E-state index contributed by atoms with van der Waals surface area (Å²) in [6, 6.07) is 11.8. The van der Waals surface area contributed by atoms with Gasteiger partial charge in [-0.15, -0.1) is 0 Å². The average molecular weight is 367 g/mol. The first-order chi connectivity index (χ1) is 12.8. The molecule has 0 saturated carbocycles. The largest absolute Gasteiger partial charge is 0.457 e. The van der Waals surface area contributed by atoms with E-state index in [1.807, 2.05) is 64.2 Å². The van der Waals surface area contributed by atoms with Gasteiger partial charge in [0.05, 0.1) is 11.3 Å². The van der Waals surface area contributed by atoms with Crippen molar-refractivity contribution in [3.8, 4) is 0 Å². The Bertz CT molecular complexity index is 823. The highest BCUT2D eigenvalue weighted by atomic mass is 16.5. The maximum absolute atomic E-state index is 12.5. The Labute approximate surface area is 162 Å². The molecule has 0 spiro atoms. The van der Waals surface area contributed by atoms with Crippen LogP contribution in [0.3, 0.4) is 0 Å². The van der Waals surface area contributed by atoms with E-state index in [2.05, 4.69) is 18.7 Å². The number of aliphatic imine (C=N–C) groups is 1. The molecule has 0 bridgehead atoms. The second-order valence-corrected chi connectivity index (χ2v) is 6.91. The Morgan fingerprint density at radius 3 is 2.30 bits per heavy atom. The summed E-state index contributed by atoms with van der Waals surface area (Å²) in [4.78, 5) is 19.5. The Hall–Kier alpha value is -2.62. The zero-order valence-electron chi connectivity index (χ0n) is 17.3. The van der Waals surface area contributed by atoms with Crippen LogP contribution in [-0.2, 0) is 11.3 Å². The van der Waals surface area contributed by atoms with Gasteiger partial charge in [0.15, 0.2) is 0 Å². The van der Waals surface area contributed by atoms with E-state index in [9.17, 15) is 4.79 Å². The molecule has 0 aromatic heterocycles. The molecule has 4 heteroatoms. The number of amidine groups is 1. The predicted molar refractivity (Wildman–Crippen MR) is 112 cm³/mol. The van der Waals surface area contributed by atoms with Crippen molar-refractivity contribution in [1.82, 2.24) is 4.90 Å². The van der Waals surface area contributed by atoms with Gasteiger partial charge in [0.2, 0.25) is 0 Å². The summed E-state index contributed by atoms with van der Waals surface area (Å²) in [5.74, 6) is 0.739. The molecule has 2 aromatic carbocycles. The van der Waals surface area contributed by atoms with Gasteiger partial charge >= 0.3 is 5.97 Å². The number of hydrogen-bond acceptors (Lipinski definition) is 3. The Morgan fingerprint density at radius 2 is 1.70 bits per heavy atom. The molecule has 0 radical (unpaired) electrons. The van der Waals surface area contributed by atoms with E-state index >= 15 is 0 Å². The Morgan fingerprint density at radius 1 is 1.04 bits per heavy atom. The second-order valence-electron chi connectivity index (χ2n) is 6.91. The highest BCUT2D eigenvalue weighted by molar-refractivity contribution is 5.92. The smallest absolute Gasteiger partial charge is 0.338 e. The predicted octanol–water partition coefficient (Wildman–Crippen LogP) is 5.36. The molecule has 0 atom stereocenters. The fourth-order valence-electron chi connectivity index (χ4n) is 2.81. The summed E-state index contributed by atoms with van der Waals surface area (Å²) in [7, 11) is 2.04. The van der Waals surface area contributed by atoms with Crippen LogP contribution < -0.4 is 0 Å². The van der Waals surface area contributed by atoms with Crippen molar-refractivity contribution < 1.29 is 9.53 Å². The number of ether oxygens (including phenoxy) is 1. The molecule has 0 amide bonds. The molecule has 0 unspecified atom stereocenters. The fraction of sp³-hybridized carbons (Fsp3) is 0.391. The third-order valence-corrected chi connectivity index (χ3v) is 4.73. The molecule has 0 aliphatic carbocycles. The maximum atomic E-state index is 12.5. The van der Waals surface area contributed by atoms with Gasteiger partial charge in [0.25, 0.3) is 0 Å². The third kappa shape index (κ3) is 5.43. The van der Waals surface area contributed by atoms with Gasteiger partial charge < -0.3 is 9.64 Å². The zero-order chi connectivity index (χ0) is 20.0. The van der Waals surface area contributed by atoms with Crippen molar-refractivity contribution in [2.45, 2.75) is 47.6 Å². The van der Waals surface area contributed by atoms with Crippen LogP contribution in [0.25, 0.3) is 0 Å². The van der Waals surface area contributed by atoms with Crippen molar-refractivity contribution in [2.75, 3.05) is 13.6 Å². The van der Waals surface area contributed by atoms with Gasteiger partial charge in [-0.3, -0.25) is 0 Å². The SMILES string of the molecule is CC/C(=N\c1cc(C)c(C(=O)OCc2ccc(C)cc2)cc1C)N(C)CC. The van der Waals surface area contributed by atoms with Gasteiger partial charge in [-0.2, -0.15) is 0 Å². The van der Waals surface area contributed by atoms with Gasteiger partial charge in [0.1, 0.15) is 12.4 Å². The van der Waals surface area contributed by atoms with E-state index < -0.39 is 0 Å². The normalized spacial score (nSPS) is 11.4. The topological polar surface area (TPSA) is 41.9 Å². The zero-order valence-corrected chi connectivity index (χ0v) is 17.3. The van der Waals surface area contributed by atoms with Crippen LogP contribution >= 0.6 is 0 Å². The van der Waals surface area contributed by atoms with Crippen LogP contribution in [0, 0.1) is 20.8 Å². The Balaban J connectivity index is 2.18. The summed E-state index contributed by atoms with van der Waals surface area (Å²) >= 11 is 0. The van der Waals surface area contributed by atoms with Gasteiger partial charge in [-0.05, 0) is 56.5 Å². The van der Waals surface area contributed by atoms with Crippen LogP contribution in [0.15, 0.2) is 41.4 Å². The third-order valence-electron chi connectivity index (χ3n) is 4.73. The van der Waals surface area contributed by atoms with Crippen molar-refractivity contribution >= 4 is 17.5 Å². The van der Waals surface area contributed by atoms with E-state index in [0.29, 0.717) is 5.56 Å². The van der Waals surface area contributed by atoms with E-state index in [1.165, 1.54) is 5.56 Å². The quantitative estimate of drug-likeness (QED) is 0.392. The lowest BCUT2D eigenvalue weighted by molar-refractivity contribution is 0.0472. The summed E-state index contributed by atoms with van der Waals surface area (Å²) in [6.07, 6.45) is 0.864. The lowest BCUT2D eigenvalue weighted by Gasteiger charge is -2.19. The Kier molecular flexibility index (Phi) is 7.17. The number of benzene rings is 2. The number of carbonyl (C=O) groups is 1. The lowest BCUT2D eigenvalue weighted by Crippen LogP contribution is -2.25. The lowest BCUT2D eigenvalue weighted by atomic mass is 10.0. The minimum absolute atomic E-state index is 0.277. The molecule has 0 saturated heterocycles. The molecule has 0 heterocycles. The molecule has 2 rings (SSSR count). The minimum Gasteiger partial charge on any atom is -0.457 e. The van der Waals surface area contributed by atoms with Crippen LogP contribution in [0.5, 0.6) is 0 Å². The van der Waals surface area contributed by atoms with Crippen LogP contribution in [0.4, 0.5) is 5.69 Å². The highest BCUT2D eigenvalue weighted by Gasteiger charge is 2.14. The summed E-state index contributed by atoms with van der Waals surface area (Å²) in [5, 5.41) is 0. The maximum Gasteiger partial charge on any atom is 0.338 e. The number of aryl methyl sites for hydroxylation is 3. The van der Waals surface area contributed by atoms with Crippen molar-refractivity contribution in [3.63, 3.8) is 0 Å². The molecule has 2 aromatic rings. The monoisotopic (exact) mass is 366 g/mol. The van der Waals surface area contributed by atoms with E-state index in [1.54, 1.807) is 0 Å². The first kappa shape index (κ1) is 20.7. The molecule has 144 valence electrons. The van der Waals surface area contributed by atoms with E-state index in [0.717, 1.165) is 41.2 Å². The molecule has 0 aliphatic heterocycles. The van der Waals surface area contributed by atoms with E-state index in [4.69, 9.17) is 9.73 Å². The molecule has 0 N–H and O–H groups in total. The van der Waals surface area contributed by atoms with Crippen LogP contribution in [0.2, 0.25) is 0 Å². The first-order valence-electron chi connectivity index (χ1n) is 9.48. The van der Waals surface area contributed by atoms with Crippen LogP contribution in [-0.4, -0.2) is 30.3 Å². The molecular weight excluding hydrogens is 336 g/mol. The van der Waals surface area contributed by atoms with Crippen LogP contribution in [0.1, 0.15) is 52.9 Å². The van der Waals surface area contributed by atoms with Crippen molar-refractivity contribution in [1.29, 1.82) is 0 Å².